The molecule has 1 aromatic rings. The molecule has 4 heteroatoms. The number of hydrogen-bond acceptors (Lipinski definition) is 1. The lowest BCUT2D eigenvalue weighted by Gasteiger charge is -2.15. The van der Waals surface area contributed by atoms with Crippen LogP contribution in [-0.4, -0.2) is 12.7 Å². The molecule has 96 valence electrons. The second-order valence-electron chi connectivity index (χ2n) is 4.31. The zero-order valence-electron chi connectivity index (χ0n) is 10.1. The van der Waals surface area contributed by atoms with E-state index in [1.165, 1.54) is 0 Å². The third-order valence-corrected chi connectivity index (χ3v) is 2.63. The molecule has 0 saturated carbocycles. The maximum atomic E-state index is 11.9. The van der Waals surface area contributed by atoms with E-state index >= 15 is 0 Å². The Balaban J connectivity index is 2.33. The zero-order chi connectivity index (χ0) is 12.9. The molecule has 1 N–H and O–H groups in total. The van der Waals surface area contributed by atoms with Crippen LogP contribution in [0.4, 0.5) is 13.2 Å². The third-order valence-electron chi connectivity index (χ3n) is 2.63. The molecule has 0 radical (unpaired) electrons. The SMILES string of the molecule is Cc1cccc(C(C)NCCCC(F)(F)F)c1. The quantitative estimate of drug-likeness (QED) is 0.773. The van der Waals surface area contributed by atoms with Gasteiger partial charge in [0.1, 0.15) is 0 Å². The molecule has 0 aliphatic carbocycles. The molecule has 0 aliphatic heterocycles. The number of rotatable bonds is 5. The summed E-state index contributed by atoms with van der Waals surface area (Å²) in [7, 11) is 0. The Morgan fingerprint density at radius 1 is 1.29 bits per heavy atom. The number of halogens is 3. The highest BCUT2D eigenvalue weighted by molar-refractivity contribution is 5.24. The number of aryl methyl sites for hydroxylation is 1. The predicted molar refractivity (Wildman–Crippen MR) is 62.9 cm³/mol. The van der Waals surface area contributed by atoms with E-state index in [2.05, 4.69) is 5.32 Å². The molecule has 0 spiro atoms. The van der Waals surface area contributed by atoms with Gasteiger partial charge >= 0.3 is 6.18 Å². The average molecular weight is 245 g/mol. The van der Waals surface area contributed by atoms with Crippen LogP contribution in [0.5, 0.6) is 0 Å². The van der Waals surface area contributed by atoms with Crippen molar-refractivity contribution in [1.29, 1.82) is 0 Å². The average Bonchev–Trinajstić information content (AvgIpc) is 2.23. The van der Waals surface area contributed by atoms with Crippen molar-refractivity contribution in [2.45, 2.75) is 38.9 Å². The van der Waals surface area contributed by atoms with Gasteiger partial charge in [-0.15, -0.1) is 0 Å². The van der Waals surface area contributed by atoms with E-state index < -0.39 is 12.6 Å². The normalized spacial score (nSPS) is 13.7. The molecule has 0 fully saturated rings. The van der Waals surface area contributed by atoms with Gasteiger partial charge in [-0.25, -0.2) is 0 Å². The molecule has 1 rings (SSSR count). The Morgan fingerprint density at radius 3 is 2.59 bits per heavy atom. The molecule has 0 heterocycles. The van der Waals surface area contributed by atoms with Gasteiger partial charge in [-0.2, -0.15) is 13.2 Å². The molecular formula is C13H18F3N. The van der Waals surface area contributed by atoms with Crippen molar-refractivity contribution in [3.05, 3.63) is 35.4 Å². The van der Waals surface area contributed by atoms with Crippen LogP contribution < -0.4 is 5.32 Å². The van der Waals surface area contributed by atoms with Crippen molar-refractivity contribution >= 4 is 0 Å². The van der Waals surface area contributed by atoms with Gasteiger partial charge in [0.15, 0.2) is 0 Å². The molecule has 0 saturated heterocycles. The van der Waals surface area contributed by atoms with Crippen molar-refractivity contribution in [2.75, 3.05) is 6.54 Å². The lowest BCUT2D eigenvalue weighted by atomic mass is 10.1. The molecule has 0 bridgehead atoms. The van der Waals surface area contributed by atoms with E-state index in [1.54, 1.807) is 0 Å². The molecule has 0 aliphatic rings. The highest BCUT2D eigenvalue weighted by Crippen LogP contribution is 2.21. The van der Waals surface area contributed by atoms with Crippen LogP contribution in [0.1, 0.15) is 36.9 Å². The highest BCUT2D eigenvalue weighted by atomic mass is 19.4. The van der Waals surface area contributed by atoms with Crippen LogP contribution in [0, 0.1) is 6.92 Å². The molecular weight excluding hydrogens is 227 g/mol. The van der Waals surface area contributed by atoms with Crippen LogP contribution in [0.15, 0.2) is 24.3 Å². The minimum Gasteiger partial charge on any atom is -0.310 e. The predicted octanol–water partition coefficient (Wildman–Crippen LogP) is 3.99. The van der Waals surface area contributed by atoms with Crippen molar-refractivity contribution in [1.82, 2.24) is 5.32 Å². The lowest BCUT2D eigenvalue weighted by Crippen LogP contribution is -2.21. The first-order chi connectivity index (χ1) is 7.88. The fourth-order valence-corrected chi connectivity index (χ4v) is 1.66. The first kappa shape index (κ1) is 14.0. The van der Waals surface area contributed by atoms with Gasteiger partial charge in [0.2, 0.25) is 0 Å². The number of hydrogen-bond donors (Lipinski definition) is 1. The largest absolute Gasteiger partial charge is 0.389 e. The second kappa shape index (κ2) is 6.05. The van der Waals surface area contributed by atoms with Crippen LogP contribution in [0.2, 0.25) is 0 Å². The van der Waals surface area contributed by atoms with Gasteiger partial charge in [0.25, 0.3) is 0 Å². The van der Waals surface area contributed by atoms with Crippen LogP contribution in [0.3, 0.4) is 0 Å². The summed E-state index contributed by atoms with van der Waals surface area (Å²) >= 11 is 0. The molecule has 1 aromatic carbocycles. The molecule has 1 nitrogen and oxygen atoms in total. The Kier molecular flexibility index (Phi) is 5.00. The Morgan fingerprint density at radius 2 is 2.00 bits per heavy atom. The Labute approximate surface area is 100 Å². The summed E-state index contributed by atoms with van der Waals surface area (Å²) in [5.74, 6) is 0. The summed E-state index contributed by atoms with van der Waals surface area (Å²) in [6, 6.07) is 8.07. The molecule has 1 atom stereocenters. The smallest absolute Gasteiger partial charge is 0.310 e. The topological polar surface area (TPSA) is 12.0 Å². The third kappa shape index (κ3) is 5.73. The van der Waals surface area contributed by atoms with Crippen molar-refractivity contribution in [3.63, 3.8) is 0 Å². The van der Waals surface area contributed by atoms with Gasteiger partial charge in [0.05, 0.1) is 0 Å². The molecule has 17 heavy (non-hydrogen) atoms. The van der Waals surface area contributed by atoms with Gasteiger partial charge in [-0.1, -0.05) is 29.8 Å². The first-order valence-corrected chi connectivity index (χ1v) is 5.75. The fraction of sp³-hybridized carbons (Fsp3) is 0.538. The van der Waals surface area contributed by atoms with Gasteiger partial charge in [-0.3, -0.25) is 0 Å². The van der Waals surface area contributed by atoms with E-state index in [4.69, 9.17) is 0 Å². The molecule has 0 aromatic heterocycles. The summed E-state index contributed by atoms with van der Waals surface area (Å²) in [6.45, 7) is 4.34. The van der Waals surface area contributed by atoms with E-state index in [-0.39, 0.29) is 12.5 Å². The summed E-state index contributed by atoms with van der Waals surface area (Å²) in [5, 5.41) is 3.10. The monoisotopic (exact) mass is 245 g/mol. The fourth-order valence-electron chi connectivity index (χ4n) is 1.66. The Hall–Kier alpha value is -1.03. The van der Waals surface area contributed by atoms with Crippen LogP contribution in [0.25, 0.3) is 0 Å². The van der Waals surface area contributed by atoms with Crippen molar-refractivity contribution in [2.24, 2.45) is 0 Å². The maximum absolute atomic E-state index is 11.9. The minimum atomic E-state index is -4.05. The van der Waals surface area contributed by atoms with Crippen molar-refractivity contribution in [3.8, 4) is 0 Å². The lowest BCUT2D eigenvalue weighted by molar-refractivity contribution is -0.135. The summed E-state index contributed by atoms with van der Waals surface area (Å²) in [5.41, 5.74) is 2.27. The zero-order valence-corrected chi connectivity index (χ0v) is 10.1. The summed E-state index contributed by atoms with van der Waals surface area (Å²) in [4.78, 5) is 0. The Bertz CT molecular complexity index is 347. The van der Waals surface area contributed by atoms with Gasteiger partial charge < -0.3 is 5.32 Å². The van der Waals surface area contributed by atoms with E-state index in [0.29, 0.717) is 6.54 Å². The number of nitrogens with one attached hydrogen (secondary N) is 1. The standard InChI is InChI=1S/C13H18F3N/c1-10-5-3-6-12(9-10)11(2)17-8-4-7-13(14,15)16/h3,5-6,9,11,17H,4,7-8H2,1-2H3. The summed E-state index contributed by atoms with van der Waals surface area (Å²) < 4.78 is 35.8. The van der Waals surface area contributed by atoms with E-state index in [9.17, 15) is 13.2 Å². The summed E-state index contributed by atoms with van der Waals surface area (Å²) in [6.07, 6.45) is -4.64. The maximum Gasteiger partial charge on any atom is 0.389 e. The van der Waals surface area contributed by atoms with Gasteiger partial charge in [-0.05, 0) is 32.4 Å². The van der Waals surface area contributed by atoms with Crippen LogP contribution >= 0.6 is 0 Å². The van der Waals surface area contributed by atoms with E-state index in [0.717, 1.165) is 11.1 Å². The van der Waals surface area contributed by atoms with Crippen molar-refractivity contribution < 1.29 is 13.2 Å². The molecule has 1 unspecified atom stereocenters. The van der Waals surface area contributed by atoms with E-state index in [1.807, 2.05) is 38.1 Å². The van der Waals surface area contributed by atoms with Gasteiger partial charge in [0, 0.05) is 12.5 Å². The second-order valence-corrected chi connectivity index (χ2v) is 4.31. The number of alkyl halides is 3. The minimum absolute atomic E-state index is 0.0862. The number of benzene rings is 1. The highest BCUT2D eigenvalue weighted by Gasteiger charge is 2.25. The first-order valence-electron chi connectivity index (χ1n) is 5.75. The molecule has 0 amide bonds. The van der Waals surface area contributed by atoms with Crippen LogP contribution in [-0.2, 0) is 0 Å².